The highest BCUT2D eigenvalue weighted by Gasteiger charge is 2.28. The van der Waals surface area contributed by atoms with Gasteiger partial charge in [0.15, 0.2) is 11.4 Å². The Balaban J connectivity index is 1.87. The van der Waals surface area contributed by atoms with Crippen LogP contribution in [0.15, 0.2) is 66.9 Å². The Labute approximate surface area is 152 Å². The number of fused-ring (bicyclic) bond motifs is 1. The molecule has 0 N–H and O–H groups in total. The highest BCUT2D eigenvalue weighted by Crippen LogP contribution is 2.33. The van der Waals surface area contributed by atoms with E-state index < -0.39 is 5.79 Å². The van der Waals surface area contributed by atoms with Crippen molar-refractivity contribution < 1.29 is 9.47 Å². The standard InChI is InChI=1S/C21H19N3O2/c1-25-21(26-2)12-10-16(11-13-21)19-18(15-7-4-3-5-8-15)23-17-9-6-14-22-20(17)24-19/h3-12,14H,13H2,1-2H3. The number of nitrogens with zero attached hydrogens (tertiary/aromatic N) is 3. The van der Waals surface area contributed by atoms with Crippen molar-refractivity contribution in [1.29, 1.82) is 0 Å². The minimum absolute atomic E-state index is 0.599. The van der Waals surface area contributed by atoms with Gasteiger partial charge in [-0.15, -0.1) is 0 Å². The number of hydrogen-bond acceptors (Lipinski definition) is 5. The lowest BCUT2D eigenvalue weighted by molar-refractivity contribution is -0.167. The highest BCUT2D eigenvalue weighted by molar-refractivity contribution is 5.86. The largest absolute Gasteiger partial charge is 0.349 e. The maximum atomic E-state index is 5.50. The van der Waals surface area contributed by atoms with E-state index in [-0.39, 0.29) is 0 Å². The molecule has 0 bridgehead atoms. The molecule has 5 heteroatoms. The van der Waals surface area contributed by atoms with Crippen LogP contribution in [0, 0.1) is 0 Å². The van der Waals surface area contributed by atoms with E-state index in [2.05, 4.69) is 11.1 Å². The lowest BCUT2D eigenvalue weighted by Gasteiger charge is -2.29. The molecule has 1 aromatic carbocycles. The molecule has 0 saturated heterocycles. The van der Waals surface area contributed by atoms with Crippen LogP contribution < -0.4 is 0 Å². The molecule has 1 aliphatic carbocycles. The molecular weight excluding hydrogens is 326 g/mol. The van der Waals surface area contributed by atoms with Crippen molar-refractivity contribution in [1.82, 2.24) is 15.0 Å². The second-order valence-corrected chi connectivity index (χ2v) is 6.05. The number of benzene rings is 1. The summed E-state index contributed by atoms with van der Waals surface area (Å²) in [4.78, 5) is 14.0. The van der Waals surface area contributed by atoms with Crippen molar-refractivity contribution >= 4 is 16.7 Å². The van der Waals surface area contributed by atoms with Crippen LogP contribution in [0.1, 0.15) is 12.1 Å². The number of aromatic nitrogens is 3. The van der Waals surface area contributed by atoms with Crippen LogP contribution in [0.2, 0.25) is 0 Å². The number of rotatable bonds is 4. The van der Waals surface area contributed by atoms with Gasteiger partial charge in [0.05, 0.1) is 11.4 Å². The van der Waals surface area contributed by atoms with Crippen LogP contribution in [0.5, 0.6) is 0 Å². The number of hydrogen-bond donors (Lipinski definition) is 0. The fourth-order valence-corrected chi connectivity index (χ4v) is 3.06. The summed E-state index contributed by atoms with van der Waals surface area (Å²) in [6.07, 6.45) is 8.29. The lowest BCUT2D eigenvalue weighted by atomic mass is 9.96. The molecule has 3 aromatic rings. The molecule has 26 heavy (non-hydrogen) atoms. The van der Waals surface area contributed by atoms with Gasteiger partial charge < -0.3 is 9.47 Å². The van der Waals surface area contributed by atoms with Crippen LogP contribution >= 0.6 is 0 Å². The third-order valence-electron chi connectivity index (χ3n) is 4.58. The van der Waals surface area contributed by atoms with E-state index in [4.69, 9.17) is 19.4 Å². The van der Waals surface area contributed by atoms with Crippen molar-refractivity contribution in [2.75, 3.05) is 14.2 Å². The summed E-state index contributed by atoms with van der Waals surface area (Å²) in [7, 11) is 3.28. The maximum Gasteiger partial charge on any atom is 0.190 e. The second-order valence-electron chi connectivity index (χ2n) is 6.05. The minimum atomic E-state index is -0.723. The maximum absolute atomic E-state index is 5.50. The minimum Gasteiger partial charge on any atom is -0.349 e. The Bertz CT molecular complexity index is 993. The number of allylic oxidation sites excluding steroid dienone is 2. The Kier molecular flexibility index (Phi) is 4.32. The lowest BCUT2D eigenvalue weighted by Crippen LogP contribution is -2.31. The van der Waals surface area contributed by atoms with Crippen LogP contribution in [0.25, 0.3) is 28.0 Å². The van der Waals surface area contributed by atoms with Crippen molar-refractivity contribution in [3.63, 3.8) is 0 Å². The molecule has 130 valence electrons. The predicted octanol–water partition coefficient (Wildman–Crippen LogP) is 4.02. The molecule has 0 saturated carbocycles. The molecule has 0 fully saturated rings. The third kappa shape index (κ3) is 2.92. The van der Waals surface area contributed by atoms with Gasteiger partial charge in [-0.1, -0.05) is 42.5 Å². The van der Waals surface area contributed by atoms with E-state index in [9.17, 15) is 0 Å². The molecule has 5 nitrogen and oxygen atoms in total. The third-order valence-corrected chi connectivity index (χ3v) is 4.58. The fraction of sp³-hybridized carbons (Fsp3) is 0.190. The molecule has 1 aliphatic rings. The van der Waals surface area contributed by atoms with E-state index in [1.165, 1.54) is 0 Å². The van der Waals surface area contributed by atoms with E-state index in [1.54, 1.807) is 20.4 Å². The molecule has 0 aliphatic heterocycles. The van der Waals surface area contributed by atoms with Gasteiger partial charge >= 0.3 is 0 Å². The Hall–Kier alpha value is -2.89. The van der Waals surface area contributed by atoms with Crippen molar-refractivity contribution in [3.05, 3.63) is 72.6 Å². The first kappa shape index (κ1) is 16.6. The second kappa shape index (κ2) is 6.78. The predicted molar refractivity (Wildman–Crippen MR) is 101 cm³/mol. The average Bonchev–Trinajstić information content (AvgIpc) is 2.73. The average molecular weight is 345 g/mol. The molecule has 4 rings (SSSR count). The van der Waals surface area contributed by atoms with E-state index in [0.717, 1.165) is 28.0 Å². The Morgan fingerprint density at radius 1 is 0.923 bits per heavy atom. The molecular formula is C21H19N3O2. The van der Waals surface area contributed by atoms with Gasteiger partial charge in [0, 0.05) is 32.4 Å². The Morgan fingerprint density at radius 3 is 2.42 bits per heavy atom. The summed E-state index contributed by atoms with van der Waals surface area (Å²) in [6.45, 7) is 0. The summed E-state index contributed by atoms with van der Waals surface area (Å²) in [6, 6.07) is 13.9. The fourth-order valence-electron chi connectivity index (χ4n) is 3.06. The summed E-state index contributed by atoms with van der Waals surface area (Å²) >= 11 is 0. The molecule has 0 radical (unpaired) electrons. The zero-order valence-corrected chi connectivity index (χ0v) is 14.7. The number of ether oxygens (including phenoxy) is 2. The SMILES string of the molecule is COC1(OC)C=CC(c2nc3ncccc3nc2-c2ccccc2)=CC1. The normalized spacial score (nSPS) is 15.8. The smallest absolute Gasteiger partial charge is 0.190 e. The number of pyridine rings is 1. The molecule has 0 spiro atoms. The van der Waals surface area contributed by atoms with Gasteiger partial charge in [0.2, 0.25) is 0 Å². The molecule has 0 atom stereocenters. The van der Waals surface area contributed by atoms with Gasteiger partial charge in [-0.25, -0.2) is 15.0 Å². The quantitative estimate of drug-likeness (QED) is 0.668. The summed E-state index contributed by atoms with van der Waals surface area (Å²) in [5.41, 5.74) is 5.05. The van der Waals surface area contributed by atoms with Gasteiger partial charge in [-0.3, -0.25) is 0 Å². The van der Waals surface area contributed by atoms with Crippen LogP contribution in [0.3, 0.4) is 0 Å². The van der Waals surface area contributed by atoms with Crippen LogP contribution in [-0.4, -0.2) is 35.0 Å². The topological polar surface area (TPSA) is 57.1 Å². The van der Waals surface area contributed by atoms with Crippen LogP contribution in [-0.2, 0) is 9.47 Å². The first-order chi connectivity index (χ1) is 12.7. The molecule has 0 unspecified atom stereocenters. The molecule has 0 amide bonds. The summed E-state index contributed by atoms with van der Waals surface area (Å²) in [5.74, 6) is -0.723. The van der Waals surface area contributed by atoms with Gasteiger partial charge in [-0.05, 0) is 23.8 Å². The van der Waals surface area contributed by atoms with Gasteiger partial charge in [0.1, 0.15) is 5.52 Å². The monoisotopic (exact) mass is 345 g/mol. The number of methoxy groups -OCH3 is 2. The van der Waals surface area contributed by atoms with E-state index >= 15 is 0 Å². The zero-order valence-electron chi connectivity index (χ0n) is 14.7. The first-order valence-corrected chi connectivity index (χ1v) is 8.43. The zero-order chi connectivity index (χ0) is 18.0. The Morgan fingerprint density at radius 2 is 1.73 bits per heavy atom. The summed E-state index contributed by atoms with van der Waals surface area (Å²) < 4.78 is 11.0. The van der Waals surface area contributed by atoms with Gasteiger partial charge in [-0.2, -0.15) is 0 Å². The molecule has 2 heterocycles. The van der Waals surface area contributed by atoms with Crippen molar-refractivity contribution in [3.8, 4) is 11.3 Å². The van der Waals surface area contributed by atoms with Crippen molar-refractivity contribution in [2.24, 2.45) is 0 Å². The van der Waals surface area contributed by atoms with E-state index in [0.29, 0.717) is 12.1 Å². The van der Waals surface area contributed by atoms with Crippen LogP contribution in [0.4, 0.5) is 0 Å². The van der Waals surface area contributed by atoms with E-state index in [1.807, 2.05) is 54.6 Å². The van der Waals surface area contributed by atoms with Gasteiger partial charge in [0.25, 0.3) is 0 Å². The van der Waals surface area contributed by atoms with Crippen molar-refractivity contribution in [2.45, 2.75) is 12.2 Å². The summed E-state index contributed by atoms with van der Waals surface area (Å²) in [5, 5.41) is 0. The molecule has 2 aromatic heterocycles. The first-order valence-electron chi connectivity index (χ1n) is 8.43. The highest BCUT2D eigenvalue weighted by atomic mass is 16.7.